The summed E-state index contributed by atoms with van der Waals surface area (Å²) in [5.74, 6) is -4.00. The summed E-state index contributed by atoms with van der Waals surface area (Å²) in [7, 11) is 0. The highest BCUT2D eigenvalue weighted by molar-refractivity contribution is 7.80. The van der Waals surface area contributed by atoms with Crippen molar-refractivity contribution in [1.29, 1.82) is 0 Å². The van der Waals surface area contributed by atoms with Crippen molar-refractivity contribution in [2.24, 2.45) is 0 Å². The highest BCUT2D eigenvalue weighted by Gasteiger charge is 2.26. The topological polar surface area (TPSA) is 339 Å². The third-order valence-electron chi connectivity index (χ3n) is 13.8. The first-order valence-corrected chi connectivity index (χ1v) is 28.7. The molecule has 0 saturated carbocycles. The Morgan fingerprint density at radius 1 is 0.619 bits per heavy atom. The second-order valence-corrected chi connectivity index (χ2v) is 20.4. The molecule has 84 heavy (non-hydrogen) atoms. The molecule has 3 heterocycles. The van der Waals surface area contributed by atoms with Crippen molar-refractivity contribution >= 4 is 69.6 Å². The van der Waals surface area contributed by atoms with Gasteiger partial charge in [-0.15, -0.1) is 0 Å². The molecule has 25 nitrogen and oxygen atoms in total. The van der Waals surface area contributed by atoms with Crippen LogP contribution in [0.3, 0.4) is 0 Å². The lowest BCUT2D eigenvalue weighted by Gasteiger charge is -2.26. The van der Waals surface area contributed by atoms with Crippen LogP contribution in [0.2, 0.25) is 0 Å². The van der Waals surface area contributed by atoms with Crippen molar-refractivity contribution in [3.05, 3.63) is 105 Å². The van der Waals surface area contributed by atoms with Gasteiger partial charge in [-0.25, -0.2) is 9.59 Å². The maximum absolute atomic E-state index is 14.2. The van der Waals surface area contributed by atoms with E-state index in [0.717, 1.165) is 52.4 Å². The summed E-state index contributed by atoms with van der Waals surface area (Å²) in [6.07, 6.45) is 0.988. The first-order chi connectivity index (χ1) is 40.7. The lowest BCUT2D eigenvalue weighted by Crippen LogP contribution is -2.44. The summed E-state index contributed by atoms with van der Waals surface area (Å²) in [5.41, 5.74) is 2.21. The van der Waals surface area contributed by atoms with E-state index in [4.69, 9.17) is 26.1 Å². The predicted molar refractivity (Wildman–Crippen MR) is 320 cm³/mol. The lowest BCUT2D eigenvalue weighted by atomic mass is 9.90. The lowest BCUT2D eigenvalue weighted by molar-refractivity contribution is -0.142. The van der Waals surface area contributed by atoms with Gasteiger partial charge in [0.1, 0.15) is 29.7 Å². The number of phenolic OH excluding ortho intramolecular Hbond substituents is 1. The minimum absolute atomic E-state index is 0.00126. The maximum atomic E-state index is 14.2. The number of nitrogens with one attached hydrogen (secondary N) is 10. The van der Waals surface area contributed by atoms with Crippen molar-refractivity contribution < 1.29 is 58.0 Å². The van der Waals surface area contributed by atoms with Crippen molar-refractivity contribution in [1.82, 2.24) is 57.7 Å². The van der Waals surface area contributed by atoms with Crippen LogP contribution in [0.1, 0.15) is 60.7 Å². The molecule has 3 aromatic rings. The van der Waals surface area contributed by atoms with Crippen molar-refractivity contribution in [3.8, 4) is 28.2 Å². The Balaban J connectivity index is 0.832. The molecule has 0 bridgehead atoms. The average molecular weight is 1180 g/mol. The van der Waals surface area contributed by atoms with Gasteiger partial charge in [-0.3, -0.25) is 24.0 Å². The van der Waals surface area contributed by atoms with Gasteiger partial charge in [-0.1, -0.05) is 6.07 Å². The van der Waals surface area contributed by atoms with Gasteiger partial charge in [-0.05, 0) is 91.6 Å². The quantitative estimate of drug-likeness (QED) is 0.0276. The zero-order chi connectivity index (χ0) is 59.6. The summed E-state index contributed by atoms with van der Waals surface area (Å²) < 4.78 is 17.0. The number of rotatable bonds is 21. The molecular weight excluding hydrogens is 1100 g/mol. The summed E-state index contributed by atoms with van der Waals surface area (Å²) in [5, 5.41) is 62.4. The molecule has 1 aliphatic carbocycles. The Bertz CT molecular complexity index is 3010. The van der Waals surface area contributed by atoms with E-state index in [-0.39, 0.29) is 94.5 Å². The number of anilines is 1. The number of benzene rings is 4. The van der Waals surface area contributed by atoms with Crippen molar-refractivity contribution in [3.63, 3.8) is 0 Å². The average Bonchev–Trinajstić information content (AvgIpc) is 1.85. The number of hydrogen-bond donors (Lipinski definition) is 13. The molecule has 4 amide bonds. The van der Waals surface area contributed by atoms with Crippen LogP contribution in [0, 0.1) is 0 Å². The van der Waals surface area contributed by atoms with Gasteiger partial charge < -0.3 is 92.2 Å². The molecule has 1 atom stereocenters. The summed E-state index contributed by atoms with van der Waals surface area (Å²) in [6.45, 7) is 10.3. The Morgan fingerprint density at radius 3 is 1.79 bits per heavy atom. The van der Waals surface area contributed by atoms with Gasteiger partial charge in [0.2, 0.25) is 5.91 Å². The number of hydrogen-bond acceptors (Lipinski definition) is 18. The number of carboxylic acids is 2. The van der Waals surface area contributed by atoms with Crippen LogP contribution < -0.4 is 58.6 Å². The number of carboxylic acid groups (broad SMARTS) is 2. The molecule has 13 N–H and O–H groups in total. The second-order valence-electron chi connectivity index (χ2n) is 20.0. The molecule has 3 aliphatic heterocycles. The van der Waals surface area contributed by atoms with Gasteiger partial charge in [0, 0.05) is 169 Å². The maximum Gasteiger partial charge on any atom is 0.336 e. The fraction of sp³-hybridized carbons (Fsp3) is 0.448. The van der Waals surface area contributed by atoms with Crippen LogP contribution in [0.25, 0.3) is 33.4 Å². The minimum atomic E-state index is -1.22. The van der Waals surface area contributed by atoms with E-state index in [0.29, 0.717) is 99.5 Å². The number of aromatic hydroxyl groups is 1. The molecular formula is C58H76N12O13S. The molecule has 4 aliphatic rings. The molecule has 2 fully saturated rings. The molecule has 1 unspecified atom stereocenters. The fourth-order valence-electron chi connectivity index (χ4n) is 9.55. The SMILES string of the molecule is O=C(COCCOCCNC(=O)c1cc(C(=O)N2CCNCCNCCNCC2)cc(C(=O)N2CCNCCNCCNCC2)c1)NC(CCCCNC(=S)Nc1ccc(-c2c3ccc(=O)cc-3oc3cc(O)ccc23)c(C(=O)O)c1)C(=O)O. The summed E-state index contributed by atoms with van der Waals surface area (Å²) >= 11 is 5.46. The van der Waals surface area contributed by atoms with Crippen molar-refractivity contribution in [2.45, 2.75) is 25.3 Å². The van der Waals surface area contributed by atoms with Gasteiger partial charge in [-0.2, -0.15) is 0 Å². The number of aromatic carboxylic acids is 1. The van der Waals surface area contributed by atoms with E-state index in [9.17, 15) is 48.9 Å². The van der Waals surface area contributed by atoms with Crippen LogP contribution in [0.5, 0.6) is 5.75 Å². The number of amides is 4. The Kier molecular flexibility index (Phi) is 25.6. The number of ether oxygens (including phenoxy) is 2. The van der Waals surface area contributed by atoms with Crippen molar-refractivity contribution in [2.75, 3.05) is 150 Å². The van der Waals surface area contributed by atoms with Gasteiger partial charge >= 0.3 is 11.9 Å². The Morgan fingerprint density at radius 2 is 1.19 bits per heavy atom. The number of thiocarbonyl (C=S) groups is 1. The monoisotopic (exact) mass is 1180 g/mol. The molecule has 0 radical (unpaired) electrons. The van der Waals surface area contributed by atoms with Crippen LogP contribution in [0.15, 0.2) is 82.0 Å². The fourth-order valence-corrected chi connectivity index (χ4v) is 9.77. The molecule has 7 rings (SSSR count). The second kappa shape index (κ2) is 33.6. The standard InChI is InChI=1S/C58H76N12O13S/c71-42-5-8-45-49(35-42)83-50-36-43(72)6-9-46(50)52(45)44-7-4-41(34-47(44)56(77)78)67-58(84)66-10-2-1-3-48(57(79)80)68-51(73)37-82-30-29-81-28-23-65-53(74)38-31-39(54(75)69-24-19-61-15-11-59-12-16-62-20-25-69)33-40(32-38)55(76)70-26-21-63-17-13-60-14-18-64-22-27-70/h4-9,31-36,48,59-64,71H,1-3,10-30,37H2,(H,65,74)(H,68,73)(H,77,78)(H,79,80)(H2,66,67,84). The molecule has 0 spiro atoms. The van der Waals surface area contributed by atoms with Crippen LogP contribution in [0.4, 0.5) is 5.69 Å². The first-order valence-electron chi connectivity index (χ1n) is 28.3. The van der Waals surface area contributed by atoms with Crippen LogP contribution in [-0.4, -0.2) is 216 Å². The van der Waals surface area contributed by atoms with Crippen LogP contribution >= 0.6 is 12.2 Å². The number of carbonyl (C=O) groups excluding carboxylic acids is 4. The smallest absolute Gasteiger partial charge is 0.336 e. The zero-order valence-electron chi connectivity index (χ0n) is 46.9. The van der Waals surface area contributed by atoms with Gasteiger partial charge in [0.25, 0.3) is 17.7 Å². The Hall–Kier alpha value is -7.66. The van der Waals surface area contributed by atoms with E-state index in [1.165, 1.54) is 42.5 Å². The first kappa shape index (κ1) is 63.9. The predicted octanol–water partition coefficient (Wildman–Crippen LogP) is 0.907. The molecule has 2 saturated heterocycles. The van der Waals surface area contributed by atoms with Gasteiger partial charge in [0.15, 0.2) is 10.5 Å². The van der Waals surface area contributed by atoms with Crippen LogP contribution in [-0.2, 0) is 19.1 Å². The zero-order valence-corrected chi connectivity index (χ0v) is 47.7. The van der Waals surface area contributed by atoms with E-state index in [2.05, 4.69) is 53.2 Å². The van der Waals surface area contributed by atoms with E-state index in [1.807, 2.05) is 0 Å². The molecule has 26 heteroatoms. The number of fused-ring (bicyclic) bond motifs is 2. The van der Waals surface area contributed by atoms with E-state index < -0.39 is 36.4 Å². The third kappa shape index (κ3) is 19.7. The molecule has 452 valence electrons. The number of aliphatic carboxylic acids is 1. The molecule has 3 aromatic carbocycles. The highest BCUT2D eigenvalue weighted by Crippen LogP contribution is 2.42. The highest BCUT2D eigenvalue weighted by atomic mass is 32.1. The molecule has 0 aromatic heterocycles. The third-order valence-corrected chi connectivity index (χ3v) is 14.1. The van der Waals surface area contributed by atoms with E-state index >= 15 is 0 Å². The number of nitrogens with zero attached hydrogens (tertiary/aromatic N) is 2. The largest absolute Gasteiger partial charge is 0.508 e. The normalized spacial score (nSPS) is 15.5. The number of phenols is 1. The van der Waals surface area contributed by atoms with E-state index in [1.54, 1.807) is 40.1 Å². The number of unbranched alkanes of at least 4 members (excludes halogenated alkanes) is 1. The van der Waals surface area contributed by atoms with Gasteiger partial charge in [0.05, 0.1) is 25.4 Å². The Labute approximate surface area is 491 Å². The summed E-state index contributed by atoms with van der Waals surface area (Å²) in [4.78, 5) is 95.1. The number of carbonyl (C=O) groups is 6. The minimum Gasteiger partial charge on any atom is -0.508 e. The summed E-state index contributed by atoms with van der Waals surface area (Å²) in [6, 6.07) is 16.8.